The zero-order valence-corrected chi connectivity index (χ0v) is 66.9. The van der Waals surface area contributed by atoms with Crippen molar-refractivity contribution < 1.29 is 71.8 Å². The second-order valence-electron chi connectivity index (χ2n) is 24.0. The number of benzene rings is 5. The number of rotatable bonds is 26. The predicted octanol–water partition coefficient (Wildman–Crippen LogP) is 20.4. The van der Waals surface area contributed by atoms with E-state index in [4.69, 9.17) is 86.4 Å². The molecule has 28 nitrogen and oxygen atoms in total. The number of aryl methyl sites for hydroxylation is 1. The second kappa shape index (κ2) is 42.9. The van der Waals surface area contributed by atoms with Crippen LogP contribution >= 0.6 is 106 Å². The summed E-state index contributed by atoms with van der Waals surface area (Å²) in [6.45, 7) is 27.7. The van der Waals surface area contributed by atoms with Crippen LogP contribution in [0.15, 0.2) is 61.9 Å². The number of anilines is 4. The van der Waals surface area contributed by atoms with Crippen LogP contribution in [0.25, 0.3) is 0 Å². The lowest BCUT2D eigenvalue weighted by molar-refractivity contribution is -0.387. The van der Waals surface area contributed by atoms with Gasteiger partial charge >= 0.3 is 23.6 Å². The van der Waals surface area contributed by atoms with E-state index in [1.54, 1.807) is 75.3 Å². The van der Waals surface area contributed by atoms with Gasteiger partial charge in [0.1, 0.15) is 22.7 Å². The van der Waals surface area contributed by atoms with Crippen LogP contribution in [0, 0.1) is 63.3 Å². The Balaban J connectivity index is 0.000000646. The van der Waals surface area contributed by atoms with Gasteiger partial charge in [-0.2, -0.15) is 4.39 Å². The number of esters is 3. The van der Waals surface area contributed by atoms with Gasteiger partial charge in [-0.3, -0.25) is 50.6 Å². The van der Waals surface area contributed by atoms with Gasteiger partial charge in [0.15, 0.2) is 18.3 Å². The molecule has 0 aliphatic rings. The number of carbonyl (C=O) groups excluding carboxylic acids is 3. The van der Waals surface area contributed by atoms with Crippen LogP contribution < -0.4 is 21.3 Å². The summed E-state index contributed by atoms with van der Waals surface area (Å²) in [7, 11) is 3.74. The van der Waals surface area contributed by atoms with Gasteiger partial charge in [-0.15, -0.1) is 0 Å². The Morgan fingerprint density at radius 2 is 0.733 bits per heavy atom. The molecule has 5 rings (SSSR count). The predicted molar refractivity (Wildman–Crippen MR) is 400 cm³/mol. The first kappa shape index (κ1) is 92.4. The van der Waals surface area contributed by atoms with Gasteiger partial charge in [-0.25, -0.2) is 14.4 Å². The van der Waals surface area contributed by atoms with Crippen molar-refractivity contribution in [3.63, 3.8) is 0 Å². The zero-order valence-electron chi connectivity index (χ0n) is 58.4. The fourth-order valence-corrected chi connectivity index (χ4v) is 11.1. The normalized spacial score (nSPS) is 11.9. The molecule has 0 amide bonds. The summed E-state index contributed by atoms with van der Waals surface area (Å²) in [5, 5.41) is 67.0. The molecule has 0 saturated heterocycles. The molecular formula is C64H82Br3Cl5FN9O19. The van der Waals surface area contributed by atoms with Gasteiger partial charge in [0.25, 0.3) is 22.7 Å². The van der Waals surface area contributed by atoms with Crippen molar-refractivity contribution in [1.29, 1.82) is 0 Å². The molecule has 5 aromatic rings. The number of carbonyl (C=O) groups is 3. The summed E-state index contributed by atoms with van der Waals surface area (Å²) < 4.78 is 46.0. The number of nitrogens with zero attached hydrogens (tertiary/aromatic N) is 5. The third-order valence-corrected chi connectivity index (χ3v) is 17.0. The Bertz CT molecular complexity index is 3640. The molecule has 3 atom stereocenters. The van der Waals surface area contributed by atoms with Crippen molar-refractivity contribution in [2.24, 2.45) is 0 Å². The minimum Gasteiger partial charge on any atom is -0.467 e. The highest BCUT2D eigenvalue weighted by Gasteiger charge is 2.38. The van der Waals surface area contributed by atoms with Gasteiger partial charge in [-0.05, 0) is 151 Å². The number of methoxy groups -OCH3 is 3. The molecular weight excluding hydrogens is 1630 g/mol. The first-order valence-corrected chi connectivity index (χ1v) is 34.8. The maximum Gasteiger partial charge on any atom is 0.339 e. The molecule has 0 saturated carbocycles. The van der Waals surface area contributed by atoms with E-state index < -0.39 is 89.1 Å². The molecule has 101 heavy (non-hydrogen) atoms. The fourth-order valence-electron chi connectivity index (χ4n) is 8.28. The van der Waals surface area contributed by atoms with E-state index in [1.807, 2.05) is 27.7 Å². The average Bonchev–Trinajstić information content (AvgIpc) is 0.791. The largest absolute Gasteiger partial charge is 0.467 e. The lowest BCUT2D eigenvalue weighted by Gasteiger charge is -2.28. The molecule has 3 unspecified atom stereocenters. The van der Waals surface area contributed by atoms with E-state index in [9.17, 15) is 69.3 Å². The topological polar surface area (TPSA) is 370 Å². The van der Waals surface area contributed by atoms with Crippen molar-refractivity contribution in [3.8, 4) is 0 Å². The molecule has 560 valence electrons. The van der Waals surface area contributed by atoms with Crippen LogP contribution in [0.3, 0.4) is 0 Å². The second-order valence-corrected chi connectivity index (χ2v) is 28.5. The molecule has 0 bridgehead atoms. The highest BCUT2D eigenvalue weighted by Crippen LogP contribution is 2.47. The smallest absolute Gasteiger partial charge is 0.339 e. The molecule has 0 aliphatic carbocycles. The maximum atomic E-state index is 12.9. The fraction of sp³-hybridized carbons (Fsp3) is 0.484. The van der Waals surface area contributed by atoms with Crippen LogP contribution in [-0.2, 0) is 42.8 Å². The number of hydrogen-bond donors (Lipinski definition) is 4. The van der Waals surface area contributed by atoms with Gasteiger partial charge in [-0.1, -0.05) is 102 Å². The van der Waals surface area contributed by atoms with Crippen molar-refractivity contribution in [1.82, 2.24) is 0 Å². The van der Waals surface area contributed by atoms with Crippen LogP contribution in [0.2, 0.25) is 25.1 Å². The number of nitro groups is 5. The van der Waals surface area contributed by atoms with E-state index in [-0.39, 0.29) is 65.5 Å². The van der Waals surface area contributed by atoms with Crippen molar-refractivity contribution in [3.05, 3.63) is 166 Å². The lowest BCUT2D eigenvalue weighted by atomic mass is 9.99. The lowest BCUT2D eigenvalue weighted by Crippen LogP contribution is -2.29. The van der Waals surface area contributed by atoms with Gasteiger partial charge in [0, 0.05) is 86.6 Å². The third kappa shape index (κ3) is 28.5. The van der Waals surface area contributed by atoms with Crippen LogP contribution in [0.1, 0.15) is 156 Å². The summed E-state index contributed by atoms with van der Waals surface area (Å²) in [5.74, 6) is -2.90. The Hall–Kier alpha value is -6.59. The van der Waals surface area contributed by atoms with Crippen molar-refractivity contribution >= 4 is 175 Å². The maximum absolute atomic E-state index is 12.9. The first-order chi connectivity index (χ1) is 46.8. The van der Waals surface area contributed by atoms with Crippen LogP contribution in [0.4, 0.5) is 55.6 Å². The average molecular weight is 1720 g/mol. The van der Waals surface area contributed by atoms with Crippen molar-refractivity contribution in [2.75, 3.05) is 68.8 Å². The molecule has 4 N–H and O–H groups in total. The Labute approximate surface area is 634 Å². The summed E-state index contributed by atoms with van der Waals surface area (Å²) >= 11 is 40.1. The summed E-state index contributed by atoms with van der Waals surface area (Å²) in [5.41, 5.74) is -0.719. The van der Waals surface area contributed by atoms with E-state index in [2.05, 4.69) is 69.1 Å². The summed E-state index contributed by atoms with van der Waals surface area (Å²) in [4.78, 5) is 88.7. The number of ether oxygens (including phenoxy) is 6. The summed E-state index contributed by atoms with van der Waals surface area (Å²) in [6.07, 6.45) is -0.148. The third-order valence-electron chi connectivity index (χ3n) is 12.6. The van der Waals surface area contributed by atoms with Crippen molar-refractivity contribution in [2.45, 2.75) is 158 Å². The molecule has 0 aliphatic heterocycles. The molecule has 0 heterocycles. The highest BCUT2D eigenvalue weighted by atomic mass is 79.9. The summed E-state index contributed by atoms with van der Waals surface area (Å²) in [6, 6.07) is 10.8. The Morgan fingerprint density at radius 3 is 1.09 bits per heavy atom. The number of nitrogens with one attached hydrogen (secondary N) is 4. The number of hydrogen-bond acceptors (Lipinski definition) is 23. The van der Waals surface area contributed by atoms with E-state index in [0.717, 1.165) is 31.7 Å². The van der Waals surface area contributed by atoms with E-state index in [1.165, 1.54) is 57.7 Å². The van der Waals surface area contributed by atoms with Gasteiger partial charge < -0.3 is 49.7 Å². The first-order valence-electron chi connectivity index (χ1n) is 30.5. The van der Waals surface area contributed by atoms with Crippen LogP contribution in [0.5, 0.6) is 0 Å². The Morgan fingerprint density at radius 1 is 0.436 bits per heavy atom. The zero-order chi connectivity index (χ0) is 77.9. The number of halogens is 9. The molecule has 0 radical (unpaired) electrons. The minimum atomic E-state index is -1.13. The van der Waals surface area contributed by atoms with E-state index >= 15 is 0 Å². The standard InChI is InChI=1S/C17H25ClN2O5.C16H22BrClN2O5.C16H23ClN2O5.C9H10BrClN2O2.C6H2BrClFNO2/c1-7-8-19-14-11(20(22)23)9-10(2)12(13(14)18)15(16(21)24-6)25-17(3,4)5;1-6-7-19-13-10(20(22)23)8-9(17)11(12(13)18)14(15(21)24-5)25-16(2,3)4;1-6-9-18-13-11(19(21)22)8-7-10(12(13)17)14(15(20)23-5)24-16(2,3)4;1-2-5-12-9-7(13(14)15)4-3-6(10)8(9)11;7-3-1-2-4(10(11)12)6(9)5(3)8/h9,15,19H,7-8H2,1-6H3;8,14,19H,6-7H2,1-5H3;7-8,14,18H,6,9H2,1-5H3;3-4,12H,2,5H2,1H3;1-2H. The van der Waals surface area contributed by atoms with Crippen LogP contribution in [-0.4, -0.2) is 107 Å². The van der Waals surface area contributed by atoms with Gasteiger partial charge in [0.05, 0.1) is 87.9 Å². The quantitative estimate of drug-likeness (QED) is 0.0131. The number of nitro benzene ring substituents is 5. The molecule has 0 aromatic heterocycles. The molecule has 0 spiro atoms. The minimum absolute atomic E-state index is 0.00310. The monoisotopic (exact) mass is 1710 g/mol. The molecule has 37 heteroatoms. The van der Waals surface area contributed by atoms with E-state index in [0.29, 0.717) is 67.0 Å². The van der Waals surface area contributed by atoms with Gasteiger partial charge in [0.2, 0.25) is 5.82 Å². The highest BCUT2D eigenvalue weighted by molar-refractivity contribution is 9.11. The Kier molecular flexibility index (Phi) is 39.2. The molecule has 5 aromatic carbocycles. The molecule has 0 fully saturated rings. The SMILES string of the molecule is CCCNc1c([N+](=O)[O-])cc(Br)c(C(OC(C)(C)C)C(=O)OC)c1Cl.CCCNc1c([N+](=O)[O-])cc(C)c(C(OC(C)(C)C)C(=O)OC)c1Cl.CCCNc1c([N+](=O)[O-])ccc(Br)c1Cl.CCCNc1c([N+](=O)[O-])ccc(C(OC(C)(C)C)C(=O)OC)c1Cl.O=[N+]([O-])c1ccc(Br)c(Cl)c1F.